The molecule has 1 aliphatic rings. The van der Waals surface area contributed by atoms with Crippen LogP contribution >= 0.6 is 0 Å². The van der Waals surface area contributed by atoms with Crippen LogP contribution in [0.25, 0.3) is 0 Å². The van der Waals surface area contributed by atoms with Crippen molar-refractivity contribution in [3.8, 4) is 0 Å². The summed E-state index contributed by atoms with van der Waals surface area (Å²) >= 11 is 0. The Bertz CT molecular complexity index is 235. The topological polar surface area (TPSA) is 26.3 Å². The number of ketones is 1. The van der Waals surface area contributed by atoms with Gasteiger partial charge in [0.25, 0.3) is 0 Å². The van der Waals surface area contributed by atoms with Gasteiger partial charge in [0.2, 0.25) is 0 Å². The molecule has 88 valence electrons. The van der Waals surface area contributed by atoms with E-state index in [9.17, 15) is 4.79 Å². The van der Waals surface area contributed by atoms with Crippen molar-refractivity contribution in [1.29, 1.82) is 0 Å². The molecule has 1 fully saturated rings. The van der Waals surface area contributed by atoms with Crippen LogP contribution in [-0.4, -0.2) is 18.0 Å². The summed E-state index contributed by atoms with van der Waals surface area (Å²) in [5.74, 6) is 1.02. The smallest absolute Gasteiger partial charge is 0.143 e. The van der Waals surface area contributed by atoms with E-state index in [1.54, 1.807) is 0 Å². The Morgan fingerprint density at radius 3 is 2.47 bits per heavy atom. The number of hydrogen-bond donors (Lipinski definition) is 0. The van der Waals surface area contributed by atoms with E-state index in [-0.39, 0.29) is 17.6 Å². The van der Waals surface area contributed by atoms with Crippen molar-refractivity contribution in [3.63, 3.8) is 0 Å². The maximum Gasteiger partial charge on any atom is 0.143 e. The molecule has 0 bridgehead atoms. The van der Waals surface area contributed by atoms with Crippen LogP contribution in [0, 0.1) is 11.3 Å². The molecule has 0 radical (unpaired) electrons. The first-order valence-electron chi connectivity index (χ1n) is 6.09. The average molecular weight is 212 g/mol. The Morgan fingerprint density at radius 1 is 1.47 bits per heavy atom. The molecule has 1 rings (SSSR count). The van der Waals surface area contributed by atoms with Crippen molar-refractivity contribution in [2.24, 2.45) is 11.3 Å². The monoisotopic (exact) mass is 212 g/mol. The Labute approximate surface area is 93.4 Å². The Balaban J connectivity index is 2.43. The van der Waals surface area contributed by atoms with Crippen LogP contribution in [0.4, 0.5) is 0 Å². The van der Waals surface area contributed by atoms with Crippen LogP contribution in [0.1, 0.15) is 53.9 Å². The van der Waals surface area contributed by atoms with Gasteiger partial charge in [0.15, 0.2) is 0 Å². The molecular formula is C13H24O2. The standard InChI is InChI=1S/C13H24O2/c1-6-13(5)11(14)8-12(13)15-10(4)7-9(2)3/h9-10,12H,6-8H2,1-5H3. The summed E-state index contributed by atoms with van der Waals surface area (Å²) in [6, 6.07) is 0. The van der Waals surface area contributed by atoms with Crippen LogP contribution in [0.15, 0.2) is 0 Å². The van der Waals surface area contributed by atoms with Gasteiger partial charge in [-0.15, -0.1) is 0 Å². The molecule has 0 spiro atoms. The molecular weight excluding hydrogens is 188 g/mol. The fourth-order valence-corrected chi connectivity index (χ4v) is 2.30. The highest BCUT2D eigenvalue weighted by Gasteiger charge is 2.50. The molecule has 0 aliphatic heterocycles. The number of hydrogen-bond acceptors (Lipinski definition) is 2. The lowest BCUT2D eigenvalue weighted by atomic mass is 9.64. The molecule has 1 saturated carbocycles. The molecule has 0 heterocycles. The highest BCUT2D eigenvalue weighted by Crippen LogP contribution is 2.42. The summed E-state index contributed by atoms with van der Waals surface area (Å²) in [6.45, 7) is 10.6. The minimum Gasteiger partial charge on any atom is -0.374 e. The lowest BCUT2D eigenvalue weighted by Crippen LogP contribution is -2.54. The molecule has 0 aromatic heterocycles. The number of ether oxygens (including phenoxy) is 1. The first kappa shape index (κ1) is 12.7. The van der Waals surface area contributed by atoms with Crippen molar-refractivity contribution in [3.05, 3.63) is 0 Å². The highest BCUT2D eigenvalue weighted by atomic mass is 16.5. The SMILES string of the molecule is CCC1(C)C(=O)CC1OC(C)CC(C)C. The third-order valence-corrected chi connectivity index (χ3v) is 3.65. The van der Waals surface area contributed by atoms with Crippen molar-refractivity contribution >= 4 is 5.78 Å². The zero-order valence-corrected chi connectivity index (χ0v) is 10.7. The molecule has 0 saturated heterocycles. The second-order valence-electron chi connectivity index (χ2n) is 5.46. The Morgan fingerprint density at radius 2 is 2.07 bits per heavy atom. The van der Waals surface area contributed by atoms with E-state index in [1.165, 1.54) is 0 Å². The van der Waals surface area contributed by atoms with Gasteiger partial charge in [-0.05, 0) is 25.7 Å². The molecule has 15 heavy (non-hydrogen) atoms. The van der Waals surface area contributed by atoms with E-state index in [4.69, 9.17) is 4.74 Å². The molecule has 0 aromatic carbocycles. The summed E-state index contributed by atoms with van der Waals surface area (Å²) in [7, 11) is 0. The zero-order chi connectivity index (χ0) is 11.6. The van der Waals surface area contributed by atoms with Gasteiger partial charge >= 0.3 is 0 Å². The quantitative estimate of drug-likeness (QED) is 0.699. The summed E-state index contributed by atoms with van der Waals surface area (Å²) < 4.78 is 5.95. The molecule has 0 aromatic rings. The normalized spacial score (nSPS) is 32.9. The van der Waals surface area contributed by atoms with Crippen LogP contribution in [-0.2, 0) is 9.53 Å². The summed E-state index contributed by atoms with van der Waals surface area (Å²) in [4.78, 5) is 11.5. The molecule has 1 aliphatic carbocycles. The van der Waals surface area contributed by atoms with Crippen LogP contribution in [0.5, 0.6) is 0 Å². The van der Waals surface area contributed by atoms with Crippen molar-refractivity contribution in [2.75, 3.05) is 0 Å². The lowest BCUT2D eigenvalue weighted by molar-refractivity contribution is -0.169. The van der Waals surface area contributed by atoms with E-state index in [2.05, 4.69) is 27.7 Å². The first-order valence-corrected chi connectivity index (χ1v) is 6.09. The fourth-order valence-electron chi connectivity index (χ4n) is 2.30. The Hall–Kier alpha value is -0.370. The Kier molecular flexibility index (Phi) is 3.93. The molecule has 0 N–H and O–H groups in total. The predicted molar refractivity (Wildman–Crippen MR) is 61.8 cm³/mol. The van der Waals surface area contributed by atoms with Crippen LogP contribution < -0.4 is 0 Å². The van der Waals surface area contributed by atoms with E-state index >= 15 is 0 Å². The van der Waals surface area contributed by atoms with E-state index in [1.807, 2.05) is 6.92 Å². The van der Waals surface area contributed by atoms with Crippen LogP contribution in [0.2, 0.25) is 0 Å². The maximum atomic E-state index is 11.5. The largest absolute Gasteiger partial charge is 0.374 e. The minimum atomic E-state index is -0.203. The molecule has 3 unspecified atom stereocenters. The van der Waals surface area contributed by atoms with E-state index < -0.39 is 0 Å². The second-order valence-corrected chi connectivity index (χ2v) is 5.46. The highest BCUT2D eigenvalue weighted by molar-refractivity contribution is 5.91. The number of rotatable bonds is 5. The van der Waals surface area contributed by atoms with Gasteiger partial charge in [-0.25, -0.2) is 0 Å². The molecule has 3 atom stereocenters. The van der Waals surface area contributed by atoms with Gasteiger partial charge in [0, 0.05) is 6.42 Å². The fraction of sp³-hybridized carbons (Fsp3) is 0.923. The molecule has 2 heteroatoms. The van der Waals surface area contributed by atoms with Gasteiger partial charge < -0.3 is 4.74 Å². The van der Waals surface area contributed by atoms with E-state index in [0.29, 0.717) is 18.1 Å². The van der Waals surface area contributed by atoms with E-state index in [0.717, 1.165) is 12.8 Å². The maximum absolute atomic E-state index is 11.5. The zero-order valence-electron chi connectivity index (χ0n) is 10.7. The number of carbonyl (C=O) groups is 1. The third-order valence-electron chi connectivity index (χ3n) is 3.65. The van der Waals surface area contributed by atoms with Crippen molar-refractivity contribution in [1.82, 2.24) is 0 Å². The van der Waals surface area contributed by atoms with Gasteiger partial charge in [0.05, 0.1) is 17.6 Å². The summed E-state index contributed by atoms with van der Waals surface area (Å²) in [6.07, 6.45) is 3.01. The number of carbonyl (C=O) groups excluding carboxylic acids is 1. The van der Waals surface area contributed by atoms with Crippen LogP contribution in [0.3, 0.4) is 0 Å². The van der Waals surface area contributed by atoms with Gasteiger partial charge in [-0.3, -0.25) is 4.79 Å². The van der Waals surface area contributed by atoms with Gasteiger partial charge in [-0.2, -0.15) is 0 Å². The second kappa shape index (κ2) is 4.65. The summed E-state index contributed by atoms with van der Waals surface area (Å²) in [5.41, 5.74) is -0.203. The minimum absolute atomic E-state index is 0.156. The summed E-state index contributed by atoms with van der Waals surface area (Å²) in [5, 5.41) is 0. The predicted octanol–water partition coefficient (Wildman–Crippen LogP) is 3.20. The van der Waals surface area contributed by atoms with Gasteiger partial charge in [-0.1, -0.05) is 27.7 Å². The number of Topliss-reactive ketones (excluding diaryl/α,β-unsaturated/α-hetero) is 1. The van der Waals surface area contributed by atoms with Gasteiger partial charge in [0.1, 0.15) is 5.78 Å². The average Bonchev–Trinajstić information content (AvgIpc) is 2.14. The first-order chi connectivity index (χ1) is 6.90. The third kappa shape index (κ3) is 2.60. The van der Waals surface area contributed by atoms with Crippen molar-refractivity contribution < 1.29 is 9.53 Å². The molecule has 0 amide bonds. The van der Waals surface area contributed by atoms with Crippen molar-refractivity contribution in [2.45, 2.75) is 66.1 Å². The lowest BCUT2D eigenvalue weighted by Gasteiger charge is -2.45. The molecule has 2 nitrogen and oxygen atoms in total.